The number of aromatic nitrogens is 2. The number of carbonyl (C=O) groups is 3. The van der Waals surface area contributed by atoms with Crippen LogP contribution in [0.4, 0.5) is 0 Å². The van der Waals surface area contributed by atoms with Crippen LogP contribution in [0, 0.1) is 5.92 Å². The number of benzene rings is 1. The van der Waals surface area contributed by atoms with Crippen molar-refractivity contribution in [3.63, 3.8) is 0 Å². The molecule has 8 nitrogen and oxygen atoms in total. The van der Waals surface area contributed by atoms with E-state index >= 15 is 0 Å². The molecule has 4 rings (SSSR count). The summed E-state index contributed by atoms with van der Waals surface area (Å²) in [7, 11) is 0. The van der Waals surface area contributed by atoms with Gasteiger partial charge >= 0.3 is 0 Å². The molecule has 1 aliphatic carbocycles. The van der Waals surface area contributed by atoms with Gasteiger partial charge in [0.2, 0.25) is 5.91 Å². The van der Waals surface area contributed by atoms with E-state index in [0.29, 0.717) is 11.5 Å². The summed E-state index contributed by atoms with van der Waals surface area (Å²) in [5.41, 5.74) is 7.43. The lowest BCUT2D eigenvalue weighted by Crippen LogP contribution is -2.49. The molecule has 190 valence electrons. The predicted octanol–water partition coefficient (Wildman–Crippen LogP) is 4.08. The zero-order chi connectivity index (χ0) is 25.7. The lowest BCUT2D eigenvalue weighted by molar-refractivity contribution is -0.121. The highest BCUT2D eigenvalue weighted by atomic mass is 32.1. The number of nitrogens with two attached hydrogens (primary N) is 1. The summed E-state index contributed by atoms with van der Waals surface area (Å²) in [6.45, 7) is 3.99. The molecule has 3 aromatic rings. The van der Waals surface area contributed by atoms with E-state index < -0.39 is 18.0 Å². The topological polar surface area (TPSA) is 130 Å². The Hall–Kier alpha value is -3.46. The Morgan fingerprint density at radius 1 is 1.14 bits per heavy atom. The summed E-state index contributed by atoms with van der Waals surface area (Å²) < 4.78 is 0. The van der Waals surface area contributed by atoms with Gasteiger partial charge in [0, 0.05) is 17.5 Å². The Bertz CT molecular complexity index is 1200. The molecule has 2 atom stereocenters. The fourth-order valence-electron chi connectivity index (χ4n) is 4.73. The summed E-state index contributed by atoms with van der Waals surface area (Å²) in [4.78, 5) is 45.1. The van der Waals surface area contributed by atoms with E-state index in [1.807, 2.05) is 49.6 Å². The molecular formula is C27H33N5O3S. The molecule has 0 bridgehead atoms. The summed E-state index contributed by atoms with van der Waals surface area (Å²) in [6, 6.07) is 10.2. The Morgan fingerprint density at radius 2 is 1.86 bits per heavy atom. The second kappa shape index (κ2) is 11.5. The zero-order valence-corrected chi connectivity index (χ0v) is 21.4. The first kappa shape index (κ1) is 25.6. The van der Waals surface area contributed by atoms with Crippen LogP contribution >= 0.6 is 11.3 Å². The standard InChI is InChI=1S/C27H33N5O3S/c1-16(2)23(32-26(35)19-12-21(25(28)34)29-14-19)24(17-8-4-3-5-9-17)31-22(33)13-20-15-36-27(30-20)18-10-6-7-11-18/h3-5,8-9,12,14-16,18,23-24,29H,6-7,10-11,13H2,1-2H3,(H2,28,34)(H,31,33)(H,32,35). The van der Waals surface area contributed by atoms with E-state index in [-0.39, 0.29) is 29.8 Å². The van der Waals surface area contributed by atoms with Gasteiger partial charge in [-0.15, -0.1) is 11.3 Å². The third-order valence-corrected chi connectivity index (χ3v) is 7.73. The molecule has 1 aliphatic rings. The van der Waals surface area contributed by atoms with E-state index in [1.54, 1.807) is 11.3 Å². The van der Waals surface area contributed by atoms with Crippen LogP contribution in [0.5, 0.6) is 0 Å². The maximum absolute atomic E-state index is 13.2. The number of amides is 3. The molecular weight excluding hydrogens is 474 g/mol. The van der Waals surface area contributed by atoms with Gasteiger partial charge in [-0.05, 0) is 30.4 Å². The quantitative estimate of drug-likeness (QED) is 0.329. The smallest absolute Gasteiger partial charge is 0.265 e. The summed E-state index contributed by atoms with van der Waals surface area (Å²) in [5.74, 6) is -0.616. The number of hydrogen-bond acceptors (Lipinski definition) is 5. The molecule has 1 fully saturated rings. The molecule has 2 heterocycles. The highest BCUT2D eigenvalue weighted by Crippen LogP contribution is 2.35. The Labute approximate surface area is 215 Å². The van der Waals surface area contributed by atoms with E-state index in [2.05, 4.69) is 15.6 Å². The number of thiazole rings is 1. The molecule has 2 unspecified atom stereocenters. The first-order chi connectivity index (χ1) is 17.3. The van der Waals surface area contributed by atoms with Crippen LogP contribution in [0.25, 0.3) is 0 Å². The van der Waals surface area contributed by atoms with E-state index in [0.717, 1.165) is 16.3 Å². The molecule has 0 aliphatic heterocycles. The fourth-order valence-corrected chi connectivity index (χ4v) is 5.72. The first-order valence-corrected chi connectivity index (χ1v) is 13.3. The number of hydrogen-bond donors (Lipinski definition) is 4. The third kappa shape index (κ3) is 6.20. The van der Waals surface area contributed by atoms with Gasteiger partial charge in [-0.1, -0.05) is 57.0 Å². The van der Waals surface area contributed by atoms with Gasteiger partial charge in [-0.3, -0.25) is 14.4 Å². The second-order valence-electron chi connectivity index (χ2n) is 9.70. The molecule has 3 amide bonds. The molecule has 1 saturated carbocycles. The van der Waals surface area contributed by atoms with E-state index in [1.165, 1.54) is 37.9 Å². The lowest BCUT2D eigenvalue weighted by atomic mass is 9.90. The number of rotatable bonds is 10. The average molecular weight is 508 g/mol. The van der Waals surface area contributed by atoms with Crippen LogP contribution in [0.1, 0.15) is 88.6 Å². The van der Waals surface area contributed by atoms with Gasteiger partial charge < -0.3 is 21.4 Å². The SMILES string of the molecule is CC(C)C(NC(=O)c1c[nH]c(C(N)=O)c1)C(NC(=O)Cc1csc(C2CCCC2)n1)c1ccccc1. The predicted molar refractivity (Wildman–Crippen MR) is 140 cm³/mol. The third-order valence-electron chi connectivity index (χ3n) is 6.68. The Morgan fingerprint density at radius 3 is 2.50 bits per heavy atom. The minimum atomic E-state index is -0.637. The van der Waals surface area contributed by atoms with Crippen LogP contribution in [0.2, 0.25) is 0 Å². The van der Waals surface area contributed by atoms with Crippen LogP contribution in [-0.4, -0.2) is 33.7 Å². The van der Waals surface area contributed by atoms with Gasteiger partial charge in [-0.25, -0.2) is 4.98 Å². The maximum atomic E-state index is 13.2. The molecule has 1 aromatic carbocycles. The number of aromatic amines is 1. The van der Waals surface area contributed by atoms with Gasteiger partial charge in [0.05, 0.1) is 34.8 Å². The Balaban J connectivity index is 1.50. The van der Waals surface area contributed by atoms with Gasteiger partial charge in [0.1, 0.15) is 5.69 Å². The minimum absolute atomic E-state index is 0.00208. The summed E-state index contributed by atoms with van der Waals surface area (Å²) in [6.07, 6.45) is 6.47. The van der Waals surface area contributed by atoms with E-state index in [9.17, 15) is 14.4 Å². The van der Waals surface area contributed by atoms with Crippen molar-refractivity contribution in [3.05, 3.63) is 75.5 Å². The van der Waals surface area contributed by atoms with Crippen molar-refractivity contribution >= 4 is 29.1 Å². The lowest BCUT2D eigenvalue weighted by Gasteiger charge is -2.32. The zero-order valence-electron chi connectivity index (χ0n) is 20.6. The van der Waals surface area contributed by atoms with Crippen molar-refractivity contribution in [2.45, 2.75) is 64.0 Å². The van der Waals surface area contributed by atoms with Crippen molar-refractivity contribution in [1.82, 2.24) is 20.6 Å². The second-order valence-corrected chi connectivity index (χ2v) is 10.6. The monoisotopic (exact) mass is 507 g/mol. The normalized spacial score (nSPS) is 15.5. The number of nitrogens with zero attached hydrogens (tertiary/aromatic N) is 1. The molecule has 0 spiro atoms. The maximum Gasteiger partial charge on any atom is 0.265 e. The fraction of sp³-hybridized carbons (Fsp3) is 0.407. The number of primary amides is 1. The van der Waals surface area contributed by atoms with Crippen molar-refractivity contribution in [2.75, 3.05) is 0 Å². The van der Waals surface area contributed by atoms with Gasteiger partial charge in [-0.2, -0.15) is 0 Å². The van der Waals surface area contributed by atoms with Crippen molar-refractivity contribution in [1.29, 1.82) is 0 Å². The van der Waals surface area contributed by atoms with Crippen LogP contribution < -0.4 is 16.4 Å². The van der Waals surface area contributed by atoms with Gasteiger partial charge in [0.15, 0.2) is 0 Å². The highest BCUT2D eigenvalue weighted by Gasteiger charge is 2.30. The van der Waals surface area contributed by atoms with E-state index in [4.69, 9.17) is 10.7 Å². The molecule has 5 N–H and O–H groups in total. The van der Waals surface area contributed by atoms with Crippen LogP contribution in [0.15, 0.2) is 48.0 Å². The number of nitrogens with one attached hydrogen (secondary N) is 3. The molecule has 36 heavy (non-hydrogen) atoms. The van der Waals surface area contributed by atoms with Crippen LogP contribution in [-0.2, 0) is 11.2 Å². The number of H-pyrrole nitrogens is 1. The first-order valence-electron chi connectivity index (χ1n) is 12.4. The molecule has 9 heteroatoms. The summed E-state index contributed by atoms with van der Waals surface area (Å²) >= 11 is 1.64. The van der Waals surface area contributed by atoms with Crippen molar-refractivity contribution in [2.24, 2.45) is 11.7 Å². The molecule has 0 saturated heterocycles. The Kier molecular flexibility index (Phi) is 8.20. The van der Waals surface area contributed by atoms with Gasteiger partial charge in [0.25, 0.3) is 11.8 Å². The van der Waals surface area contributed by atoms with Crippen molar-refractivity contribution in [3.8, 4) is 0 Å². The molecule has 0 radical (unpaired) electrons. The largest absolute Gasteiger partial charge is 0.364 e. The van der Waals surface area contributed by atoms with Crippen molar-refractivity contribution < 1.29 is 14.4 Å². The highest BCUT2D eigenvalue weighted by molar-refractivity contribution is 7.09. The van der Waals surface area contributed by atoms with Crippen LogP contribution in [0.3, 0.4) is 0 Å². The minimum Gasteiger partial charge on any atom is -0.364 e. The number of carbonyl (C=O) groups excluding carboxylic acids is 3. The average Bonchev–Trinajstić information content (AvgIpc) is 3.63. The molecule has 2 aromatic heterocycles. The summed E-state index contributed by atoms with van der Waals surface area (Å²) in [5, 5.41) is 9.32.